The van der Waals surface area contributed by atoms with Gasteiger partial charge in [-0.05, 0) is 75.9 Å². The van der Waals surface area contributed by atoms with E-state index in [0.29, 0.717) is 0 Å². The van der Waals surface area contributed by atoms with E-state index in [1.165, 1.54) is 33.4 Å². The molecule has 0 spiro atoms. The fraction of sp³-hybridized carbons (Fsp3) is 0.250. The number of hydrogen-bond donors (Lipinski definition) is 0. The first-order valence-corrected chi connectivity index (χ1v) is 11.3. The van der Waals surface area contributed by atoms with Gasteiger partial charge in [0.25, 0.3) is 0 Å². The van der Waals surface area contributed by atoms with E-state index in [1.54, 1.807) is 5.01 Å². The molecule has 0 aliphatic rings. The lowest BCUT2D eigenvalue weighted by molar-refractivity contribution is -0.581. The zero-order chi connectivity index (χ0) is 23.7. The third kappa shape index (κ3) is 4.44. The minimum atomic E-state index is 0.753. The number of aryl methyl sites for hydroxylation is 6. The molecule has 1 aromatic heterocycles. The molecule has 4 rings (SSSR count). The van der Waals surface area contributed by atoms with Gasteiger partial charge in [-0.2, -0.15) is 9.13 Å². The molecular weight excluding hydrogens is 406 g/mol. The van der Waals surface area contributed by atoms with Gasteiger partial charge in [0.1, 0.15) is 23.8 Å². The number of hydrogen-bond acceptors (Lipinski definition) is 2. The molecule has 5 nitrogen and oxygen atoms in total. The summed E-state index contributed by atoms with van der Waals surface area (Å²) in [6.07, 6.45) is 4.17. The molecule has 0 fully saturated rings. The topological polar surface area (TPSA) is 36.8 Å². The van der Waals surface area contributed by atoms with Crippen molar-refractivity contribution in [2.24, 2.45) is 10.3 Å². The summed E-state index contributed by atoms with van der Waals surface area (Å²) in [7, 11) is 1.92. The van der Waals surface area contributed by atoms with E-state index >= 15 is 0 Å². The number of imidazole rings is 1. The molecule has 0 aliphatic heterocycles. The third-order valence-corrected chi connectivity index (χ3v) is 5.95. The summed E-state index contributed by atoms with van der Waals surface area (Å²) < 4.78 is 4.29. The van der Waals surface area contributed by atoms with Gasteiger partial charge in [0.15, 0.2) is 0 Å². The Balaban J connectivity index is 1.92. The average Bonchev–Trinajstić information content (AvgIpc) is 3.14. The van der Waals surface area contributed by atoms with Crippen molar-refractivity contribution in [3.63, 3.8) is 0 Å². The number of anilines is 1. The molecule has 168 valence electrons. The quantitative estimate of drug-likeness (QED) is 0.193. The minimum Gasteiger partial charge on any atom is -0.236 e. The van der Waals surface area contributed by atoms with E-state index in [4.69, 9.17) is 5.11 Å². The summed E-state index contributed by atoms with van der Waals surface area (Å²) in [5.41, 5.74) is 10.6. The summed E-state index contributed by atoms with van der Waals surface area (Å²) in [5, 5.41) is 11.2. The van der Waals surface area contributed by atoms with E-state index < -0.39 is 0 Å². The van der Waals surface area contributed by atoms with Crippen LogP contribution in [0.2, 0.25) is 0 Å². The molecule has 1 heterocycles. The van der Waals surface area contributed by atoms with Gasteiger partial charge in [0.2, 0.25) is 0 Å². The van der Waals surface area contributed by atoms with E-state index in [0.717, 1.165) is 23.0 Å². The van der Waals surface area contributed by atoms with Gasteiger partial charge < -0.3 is 0 Å². The van der Waals surface area contributed by atoms with E-state index in [-0.39, 0.29) is 0 Å². The molecule has 0 radical (unpaired) electrons. The molecule has 0 saturated heterocycles. The first-order chi connectivity index (χ1) is 15.8. The largest absolute Gasteiger partial charge is 0.433 e. The van der Waals surface area contributed by atoms with Gasteiger partial charge in [-0.3, -0.25) is 0 Å². The Morgan fingerprint density at radius 2 is 1.30 bits per heavy atom. The second kappa shape index (κ2) is 9.02. The summed E-state index contributed by atoms with van der Waals surface area (Å²) in [5.74, 6) is 0.753. The lowest BCUT2D eigenvalue weighted by Gasteiger charge is -2.12. The maximum atomic E-state index is 4.78. The maximum absolute atomic E-state index is 4.78. The Hall–Kier alpha value is -3.73. The fourth-order valence-corrected chi connectivity index (χ4v) is 4.74. The first-order valence-electron chi connectivity index (χ1n) is 11.3. The fourth-order valence-electron chi connectivity index (χ4n) is 4.74. The van der Waals surface area contributed by atoms with E-state index in [9.17, 15) is 0 Å². The minimum absolute atomic E-state index is 0.753. The molecule has 3 aromatic carbocycles. The molecule has 5 heteroatoms. The highest BCUT2D eigenvalue weighted by Crippen LogP contribution is 2.27. The van der Waals surface area contributed by atoms with Gasteiger partial charge >= 0.3 is 5.95 Å². The maximum Gasteiger partial charge on any atom is 0.433 e. The van der Waals surface area contributed by atoms with Crippen LogP contribution in [0.25, 0.3) is 11.4 Å². The molecule has 0 bridgehead atoms. The van der Waals surface area contributed by atoms with Gasteiger partial charge in [-0.25, -0.2) is 5.01 Å². The lowest BCUT2D eigenvalue weighted by Crippen LogP contribution is -2.31. The van der Waals surface area contributed by atoms with Crippen molar-refractivity contribution in [1.82, 2.24) is 4.57 Å². The van der Waals surface area contributed by atoms with Crippen molar-refractivity contribution in [1.29, 1.82) is 0 Å². The Morgan fingerprint density at radius 3 is 1.88 bits per heavy atom. The number of aromatic nitrogens is 2. The van der Waals surface area contributed by atoms with Crippen LogP contribution in [-0.4, -0.2) is 11.6 Å². The van der Waals surface area contributed by atoms with Crippen LogP contribution >= 0.6 is 0 Å². The van der Waals surface area contributed by atoms with Gasteiger partial charge in [0.05, 0.1) is 10.8 Å². The Bertz CT molecular complexity index is 1210. The SMILES string of the molecule is Cc1cc(C)c(-n2cc[n+](-c3c(C)cc(C)cc3C)c2/N=N/N(C)c2ccccc2)c(C)c1. The summed E-state index contributed by atoms with van der Waals surface area (Å²) in [6, 6.07) is 18.9. The number of benzene rings is 3. The first kappa shape index (κ1) is 22.5. The van der Waals surface area contributed by atoms with E-state index in [1.807, 2.05) is 37.4 Å². The van der Waals surface area contributed by atoms with Crippen molar-refractivity contribution in [2.45, 2.75) is 41.5 Å². The molecule has 4 aromatic rings. The van der Waals surface area contributed by atoms with Crippen molar-refractivity contribution in [3.8, 4) is 11.4 Å². The van der Waals surface area contributed by atoms with Crippen LogP contribution in [0.15, 0.2) is 77.3 Å². The van der Waals surface area contributed by atoms with Crippen LogP contribution in [0.4, 0.5) is 11.6 Å². The lowest BCUT2D eigenvalue weighted by atomic mass is 10.0. The summed E-state index contributed by atoms with van der Waals surface area (Å²) in [4.78, 5) is 0. The number of rotatable bonds is 5. The second-order valence-electron chi connectivity index (χ2n) is 8.88. The average molecular weight is 439 g/mol. The molecule has 0 atom stereocenters. The van der Waals surface area contributed by atoms with Crippen molar-refractivity contribution in [2.75, 3.05) is 12.1 Å². The number of para-hydroxylation sites is 1. The van der Waals surface area contributed by atoms with E-state index in [2.05, 4.69) is 92.6 Å². The smallest absolute Gasteiger partial charge is 0.236 e. The molecule has 0 N–H and O–H groups in total. The third-order valence-electron chi connectivity index (χ3n) is 5.95. The highest BCUT2D eigenvalue weighted by atomic mass is 15.5. The Labute approximate surface area is 196 Å². The molecule has 0 amide bonds. The van der Waals surface area contributed by atoms with Crippen LogP contribution < -0.4 is 9.58 Å². The van der Waals surface area contributed by atoms with Crippen LogP contribution in [0.5, 0.6) is 0 Å². The zero-order valence-corrected chi connectivity index (χ0v) is 20.6. The monoisotopic (exact) mass is 438 g/mol. The van der Waals surface area contributed by atoms with Gasteiger partial charge in [-0.1, -0.05) is 53.6 Å². The second-order valence-corrected chi connectivity index (χ2v) is 8.88. The van der Waals surface area contributed by atoms with Crippen molar-refractivity contribution >= 4 is 11.6 Å². The highest BCUT2D eigenvalue weighted by molar-refractivity contribution is 5.52. The highest BCUT2D eigenvalue weighted by Gasteiger charge is 2.25. The molecule has 0 unspecified atom stereocenters. The predicted molar refractivity (Wildman–Crippen MR) is 135 cm³/mol. The van der Waals surface area contributed by atoms with Crippen molar-refractivity contribution in [3.05, 3.63) is 100 Å². The van der Waals surface area contributed by atoms with Gasteiger partial charge in [0, 0.05) is 12.3 Å². The van der Waals surface area contributed by atoms with Crippen LogP contribution in [0.1, 0.15) is 33.4 Å². The molecule has 0 aliphatic carbocycles. The molecular formula is C28H32N5+. The Morgan fingerprint density at radius 1 is 0.758 bits per heavy atom. The van der Waals surface area contributed by atoms with Crippen LogP contribution in [0, 0.1) is 41.5 Å². The Kier molecular flexibility index (Phi) is 6.14. The summed E-state index contributed by atoms with van der Waals surface area (Å²) >= 11 is 0. The van der Waals surface area contributed by atoms with Crippen LogP contribution in [-0.2, 0) is 0 Å². The number of nitrogens with zero attached hydrogens (tertiary/aromatic N) is 5. The zero-order valence-electron chi connectivity index (χ0n) is 20.6. The molecule has 33 heavy (non-hydrogen) atoms. The van der Waals surface area contributed by atoms with Gasteiger partial charge in [-0.15, -0.1) is 0 Å². The standard InChI is InChI=1S/C28H32N5/c1-19-15-21(3)26(22(4)16-19)32-13-14-33(27-23(5)17-20(2)18-24(27)6)28(32)29-30-31(7)25-11-9-8-10-12-25/h8-18H,1-7H3/q+1. The molecule has 0 saturated carbocycles. The summed E-state index contributed by atoms with van der Waals surface area (Å²) in [6.45, 7) is 12.9. The van der Waals surface area contributed by atoms with Crippen molar-refractivity contribution < 1.29 is 4.57 Å². The normalized spacial score (nSPS) is 11.4. The van der Waals surface area contributed by atoms with Crippen LogP contribution in [0.3, 0.4) is 0 Å². The predicted octanol–water partition coefficient (Wildman–Crippen LogP) is 6.74.